The third kappa shape index (κ3) is 1.62. The molecule has 0 saturated heterocycles. The fourth-order valence-electron chi connectivity index (χ4n) is 2.04. The molecule has 1 aliphatic rings. The zero-order valence-corrected chi connectivity index (χ0v) is 10.1. The zero-order valence-electron chi connectivity index (χ0n) is 9.35. The van der Waals surface area contributed by atoms with E-state index in [-0.39, 0.29) is 5.49 Å². The minimum Gasteiger partial charge on any atom is -0.309 e. The van der Waals surface area contributed by atoms with Gasteiger partial charge in [-0.25, -0.2) is 5.10 Å². The molecule has 0 atom stereocenters. The van der Waals surface area contributed by atoms with Gasteiger partial charge in [-0.2, -0.15) is 0 Å². The molecule has 0 unspecified atom stereocenters. The van der Waals surface area contributed by atoms with Gasteiger partial charge in [-0.05, 0) is 18.2 Å². The number of aromatic amines is 1. The number of halogens is 1. The molecule has 1 aromatic carbocycles. The molecule has 0 bridgehead atoms. The van der Waals surface area contributed by atoms with Crippen molar-refractivity contribution >= 4 is 23.2 Å². The summed E-state index contributed by atoms with van der Waals surface area (Å²) in [5.41, 5.74) is 0.337. The van der Waals surface area contributed by atoms with Crippen LogP contribution in [0.1, 0.15) is 0 Å². The lowest BCUT2D eigenvalue weighted by Gasteiger charge is -2.16. The summed E-state index contributed by atoms with van der Waals surface area (Å²) >= 11 is 5.96. The van der Waals surface area contributed by atoms with E-state index in [1.165, 1.54) is 0 Å². The quantitative estimate of drug-likeness (QED) is 0.801. The van der Waals surface area contributed by atoms with Crippen molar-refractivity contribution in [2.24, 2.45) is 0 Å². The maximum absolute atomic E-state index is 11.3. The largest absolute Gasteiger partial charge is 0.309 e. The predicted molar refractivity (Wildman–Crippen MR) is 67.2 cm³/mol. The van der Waals surface area contributed by atoms with E-state index in [0.29, 0.717) is 24.1 Å². The Morgan fingerprint density at radius 2 is 2.22 bits per heavy atom. The Labute approximate surface area is 107 Å². The Morgan fingerprint density at radius 1 is 1.39 bits per heavy atom. The summed E-state index contributed by atoms with van der Waals surface area (Å²) in [5, 5.41) is 14.7. The standard InChI is InChI=1S/C11H10ClN5O/c12-7-2-1-3-8(6-7)16-4-5-17-9(13)10(18)14-15-11(16)17/h1-3,6,13H,4-5H2,(H,14,18). The first-order chi connectivity index (χ1) is 8.66. The molecule has 0 radical (unpaired) electrons. The van der Waals surface area contributed by atoms with Crippen molar-refractivity contribution in [3.8, 4) is 0 Å². The number of nitrogens with one attached hydrogen (secondary N) is 2. The molecule has 0 spiro atoms. The van der Waals surface area contributed by atoms with Crippen LogP contribution >= 0.6 is 11.6 Å². The highest BCUT2D eigenvalue weighted by Crippen LogP contribution is 2.27. The van der Waals surface area contributed by atoms with Crippen molar-refractivity contribution in [1.82, 2.24) is 14.8 Å². The van der Waals surface area contributed by atoms with Crippen LogP contribution in [0.15, 0.2) is 29.1 Å². The van der Waals surface area contributed by atoms with Gasteiger partial charge in [-0.3, -0.25) is 14.8 Å². The van der Waals surface area contributed by atoms with Gasteiger partial charge < -0.3 is 4.90 Å². The summed E-state index contributed by atoms with van der Waals surface area (Å²) < 4.78 is 1.58. The lowest BCUT2D eigenvalue weighted by Crippen LogP contribution is -2.36. The molecule has 2 N–H and O–H groups in total. The van der Waals surface area contributed by atoms with Gasteiger partial charge in [0.05, 0.1) is 0 Å². The molecular weight excluding hydrogens is 254 g/mol. The van der Waals surface area contributed by atoms with Crippen molar-refractivity contribution in [2.45, 2.75) is 6.54 Å². The van der Waals surface area contributed by atoms with Crippen molar-refractivity contribution in [3.05, 3.63) is 45.1 Å². The lowest BCUT2D eigenvalue weighted by molar-refractivity contribution is 0.697. The van der Waals surface area contributed by atoms with Crippen LogP contribution in [0.2, 0.25) is 5.02 Å². The van der Waals surface area contributed by atoms with Crippen LogP contribution < -0.4 is 15.9 Å². The van der Waals surface area contributed by atoms with E-state index in [4.69, 9.17) is 17.0 Å². The van der Waals surface area contributed by atoms with Gasteiger partial charge in [0.25, 0.3) is 0 Å². The number of anilines is 2. The highest BCUT2D eigenvalue weighted by molar-refractivity contribution is 6.30. The first-order valence-corrected chi connectivity index (χ1v) is 5.82. The Bertz CT molecular complexity index is 720. The van der Waals surface area contributed by atoms with E-state index in [1.54, 1.807) is 10.6 Å². The molecule has 1 aliphatic heterocycles. The Morgan fingerprint density at radius 3 is 3.00 bits per heavy atom. The minimum atomic E-state index is -0.480. The number of fused-ring (bicyclic) bond motifs is 1. The molecule has 92 valence electrons. The van der Waals surface area contributed by atoms with Crippen LogP contribution in [0.5, 0.6) is 0 Å². The molecule has 3 rings (SSSR count). The number of benzene rings is 1. The van der Waals surface area contributed by atoms with Gasteiger partial charge in [0.2, 0.25) is 5.95 Å². The summed E-state index contributed by atoms with van der Waals surface area (Å²) in [7, 11) is 0. The molecular formula is C11H10ClN5O. The molecule has 0 fully saturated rings. The van der Waals surface area contributed by atoms with E-state index < -0.39 is 5.56 Å². The first kappa shape index (κ1) is 11.0. The second-order valence-electron chi connectivity index (χ2n) is 3.98. The summed E-state index contributed by atoms with van der Waals surface area (Å²) in [6, 6.07) is 7.39. The number of rotatable bonds is 1. The highest BCUT2D eigenvalue weighted by Gasteiger charge is 2.23. The molecule has 1 aromatic heterocycles. The molecule has 0 amide bonds. The van der Waals surface area contributed by atoms with Gasteiger partial charge in [-0.1, -0.05) is 17.7 Å². The number of hydrogen-bond acceptors (Lipinski definition) is 4. The van der Waals surface area contributed by atoms with Gasteiger partial charge in [0.15, 0.2) is 5.49 Å². The van der Waals surface area contributed by atoms with E-state index in [1.807, 2.05) is 23.1 Å². The SMILES string of the molecule is N=c1c(=O)[nH]nc2n1CCN2c1cccc(Cl)c1. The Hall–Kier alpha value is -2.08. The average molecular weight is 264 g/mol. The van der Waals surface area contributed by atoms with Gasteiger partial charge in [0.1, 0.15) is 0 Å². The predicted octanol–water partition coefficient (Wildman–Crippen LogP) is 0.856. The van der Waals surface area contributed by atoms with Crippen LogP contribution in [0, 0.1) is 5.41 Å². The van der Waals surface area contributed by atoms with Crippen molar-refractivity contribution in [2.75, 3.05) is 11.4 Å². The molecule has 18 heavy (non-hydrogen) atoms. The number of hydrogen-bond donors (Lipinski definition) is 2. The third-order valence-corrected chi connectivity index (χ3v) is 3.13. The van der Waals surface area contributed by atoms with Crippen molar-refractivity contribution in [3.63, 3.8) is 0 Å². The number of aromatic nitrogens is 3. The Kier molecular flexibility index (Phi) is 2.45. The minimum absolute atomic E-state index is 0.0791. The smallest absolute Gasteiger partial charge is 0.306 e. The van der Waals surface area contributed by atoms with E-state index in [0.717, 1.165) is 5.69 Å². The van der Waals surface area contributed by atoms with Crippen molar-refractivity contribution in [1.29, 1.82) is 5.41 Å². The van der Waals surface area contributed by atoms with Crippen LogP contribution in [0.4, 0.5) is 11.6 Å². The molecule has 6 nitrogen and oxygen atoms in total. The number of H-pyrrole nitrogens is 1. The molecule has 7 heteroatoms. The maximum Gasteiger partial charge on any atom is 0.306 e. The second kappa shape index (κ2) is 3.99. The van der Waals surface area contributed by atoms with E-state index >= 15 is 0 Å². The van der Waals surface area contributed by atoms with Gasteiger partial charge in [-0.15, -0.1) is 5.10 Å². The first-order valence-electron chi connectivity index (χ1n) is 5.44. The summed E-state index contributed by atoms with van der Waals surface area (Å²) in [5.74, 6) is 0.557. The topological polar surface area (TPSA) is 77.8 Å². The average Bonchev–Trinajstić information content (AvgIpc) is 2.78. The summed E-state index contributed by atoms with van der Waals surface area (Å²) in [4.78, 5) is 13.2. The van der Waals surface area contributed by atoms with Crippen LogP contribution in [-0.2, 0) is 6.54 Å². The van der Waals surface area contributed by atoms with Gasteiger partial charge in [0, 0.05) is 23.8 Å². The second-order valence-corrected chi connectivity index (χ2v) is 4.42. The maximum atomic E-state index is 11.3. The molecule has 0 saturated carbocycles. The van der Waals surface area contributed by atoms with Crippen LogP contribution in [0.25, 0.3) is 0 Å². The lowest BCUT2D eigenvalue weighted by atomic mass is 10.3. The fourth-order valence-corrected chi connectivity index (χ4v) is 2.23. The van der Waals surface area contributed by atoms with E-state index in [9.17, 15) is 4.79 Å². The molecule has 2 heterocycles. The normalized spacial score (nSPS) is 13.7. The van der Waals surface area contributed by atoms with E-state index in [2.05, 4.69) is 10.2 Å². The highest BCUT2D eigenvalue weighted by atomic mass is 35.5. The fraction of sp³-hybridized carbons (Fsp3) is 0.182. The van der Waals surface area contributed by atoms with Crippen LogP contribution in [0.3, 0.4) is 0 Å². The summed E-state index contributed by atoms with van der Waals surface area (Å²) in [6.07, 6.45) is 0. The van der Waals surface area contributed by atoms with Gasteiger partial charge >= 0.3 is 5.56 Å². The Balaban J connectivity index is 2.14. The van der Waals surface area contributed by atoms with Crippen molar-refractivity contribution < 1.29 is 0 Å². The summed E-state index contributed by atoms with van der Waals surface area (Å²) in [6.45, 7) is 1.23. The number of nitrogens with zero attached hydrogens (tertiary/aromatic N) is 3. The molecule has 2 aromatic rings. The van der Waals surface area contributed by atoms with Crippen LogP contribution in [-0.4, -0.2) is 21.3 Å². The molecule has 0 aliphatic carbocycles. The third-order valence-electron chi connectivity index (χ3n) is 2.89. The monoisotopic (exact) mass is 263 g/mol. The zero-order chi connectivity index (χ0) is 12.7.